The van der Waals surface area contributed by atoms with Crippen molar-refractivity contribution in [3.8, 4) is 6.07 Å². The smallest absolute Gasteiger partial charge is 0.101 e. The molecule has 2 aliphatic rings. The van der Waals surface area contributed by atoms with Crippen LogP contribution in [0.5, 0.6) is 0 Å². The van der Waals surface area contributed by atoms with Gasteiger partial charge in [0.2, 0.25) is 0 Å². The summed E-state index contributed by atoms with van der Waals surface area (Å²) >= 11 is 0. The standard InChI is InChI=1S/C24H30N4O/c1-19-21(15-25)14-20(17-28-19)16-26-12-9-23(22-6-2-5-11-27-22)10-13-29-24(18-23)7-3-4-8-24/h2,5-6,11,14,17,26H,3-4,7-10,12-13,16,18H2,1H3. The first-order chi connectivity index (χ1) is 14.1. The van der Waals surface area contributed by atoms with Crippen molar-refractivity contribution >= 4 is 0 Å². The van der Waals surface area contributed by atoms with Gasteiger partial charge in [-0.3, -0.25) is 9.97 Å². The van der Waals surface area contributed by atoms with Gasteiger partial charge in [0.25, 0.3) is 0 Å². The average molecular weight is 391 g/mol. The van der Waals surface area contributed by atoms with E-state index in [4.69, 9.17) is 9.72 Å². The second kappa shape index (κ2) is 8.61. The molecule has 1 aliphatic carbocycles. The van der Waals surface area contributed by atoms with Crippen molar-refractivity contribution in [2.45, 2.75) is 69.4 Å². The van der Waals surface area contributed by atoms with E-state index in [-0.39, 0.29) is 11.0 Å². The van der Waals surface area contributed by atoms with E-state index in [1.165, 1.54) is 31.4 Å². The quantitative estimate of drug-likeness (QED) is 0.749. The van der Waals surface area contributed by atoms with E-state index in [0.717, 1.165) is 50.2 Å². The number of pyridine rings is 2. The van der Waals surface area contributed by atoms with Crippen LogP contribution in [0.1, 0.15) is 67.5 Å². The first-order valence-electron chi connectivity index (χ1n) is 10.8. The van der Waals surface area contributed by atoms with Crippen molar-refractivity contribution in [1.82, 2.24) is 15.3 Å². The molecule has 3 heterocycles. The summed E-state index contributed by atoms with van der Waals surface area (Å²) in [5.41, 5.74) is 3.83. The molecule has 1 atom stereocenters. The fourth-order valence-corrected chi connectivity index (χ4v) is 5.14. The molecule has 1 unspecified atom stereocenters. The molecule has 5 nitrogen and oxygen atoms in total. The van der Waals surface area contributed by atoms with E-state index < -0.39 is 0 Å². The number of hydrogen-bond donors (Lipinski definition) is 1. The lowest BCUT2D eigenvalue weighted by atomic mass is 9.68. The molecule has 4 rings (SSSR count). The summed E-state index contributed by atoms with van der Waals surface area (Å²) in [5, 5.41) is 12.8. The lowest BCUT2D eigenvalue weighted by Crippen LogP contribution is -2.47. The third kappa shape index (κ3) is 4.34. The van der Waals surface area contributed by atoms with E-state index in [9.17, 15) is 5.26 Å². The highest BCUT2D eigenvalue weighted by Crippen LogP contribution is 2.49. The molecule has 1 aliphatic heterocycles. The summed E-state index contributed by atoms with van der Waals surface area (Å²) in [7, 11) is 0. The van der Waals surface area contributed by atoms with Crippen molar-refractivity contribution in [1.29, 1.82) is 5.26 Å². The summed E-state index contributed by atoms with van der Waals surface area (Å²) in [5.74, 6) is 0. The number of hydrogen-bond acceptors (Lipinski definition) is 5. The minimum atomic E-state index is 0.0539. The fourth-order valence-electron chi connectivity index (χ4n) is 5.14. The van der Waals surface area contributed by atoms with Crippen LogP contribution < -0.4 is 5.32 Å². The van der Waals surface area contributed by atoms with Crippen LogP contribution in [0.4, 0.5) is 0 Å². The number of rotatable bonds is 6. The Kier molecular flexibility index (Phi) is 5.94. The average Bonchev–Trinajstić information content (AvgIpc) is 3.20. The Morgan fingerprint density at radius 1 is 1.21 bits per heavy atom. The number of aromatic nitrogens is 2. The van der Waals surface area contributed by atoms with Gasteiger partial charge in [0.15, 0.2) is 0 Å². The van der Waals surface area contributed by atoms with Crippen LogP contribution in [-0.2, 0) is 16.7 Å². The second-order valence-corrected chi connectivity index (χ2v) is 8.68. The molecule has 1 spiro atoms. The van der Waals surface area contributed by atoms with E-state index in [1.54, 1.807) is 0 Å². The molecule has 1 N–H and O–H groups in total. The van der Waals surface area contributed by atoms with E-state index in [0.29, 0.717) is 5.56 Å². The lowest BCUT2D eigenvalue weighted by molar-refractivity contribution is -0.104. The Labute approximate surface area is 173 Å². The molecular formula is C24H30N4O. The van der Waals surface area contributed by atoms with Crippen molar-refractivity contribution in [3.05, 3.63) is 59.2 Å². The van der Waals surface area contributed by atoms with Gasteiger partial charge in [0, 0.05) is 36.7 Å². The monoisotopic (exact) mass is 390 g/mol. The van der Waals surface area contributed by atoms with Crippen LogP contribution in [0.2, 0.25) is 0 Å². The highest BCUT2D eigenvalue weighted by Gasteiger charge is 2.48. The van der Waals surface area contributed by atoms with E-state index in [1.807, 2.05) is 31.5 Å². The number of aryl methyl sites for hydroxylation is 1. The maximum atomic E-state index is 9.22. The zero-order valence-electron chi connectivity index (χ0n) is 17.3. The molecular weight excluding hydrogens is 360 g/mol. The van der Waals surface area contributed by atoms with Gasteiger partial charge in [-0.2, -0.15) is 5.26 Å². The molecule has 1 saturated carbocycles. The number of ether oxygens (including phenoxy) is 1. The van der Waals surface area contributed by atoms with Gasteiger partial charge in [-0.1, -0.05) is 18.9 Å². The molecule has 1 saturated heterocycles. The molecule has 0 radical (unpaired) electrons. The van der Waals surface area contributed by atoms with Gasteiger partial charge in [0.05, 0.1) is 16.9 Å². The Morgan fingerprint density at radius 2 is 2.07 bits per heavy atom. The summed E-state index contributed by atoms with van der Waals surface area (Å²) in [4.78, 5) is 9.11. The van der Waals surface area contributed by atoms with E-state index >= 15 is 0 Å². The number of nitriles is 1. The molecule has 29 heavy (non-hydrogen) atoms. The molecule has 5 heteroatoms. The first kappa shape index (κ1) is 20.0. The topological polar surface area (TPSA) is 70.8 Å². The molecule has 152 valence electrons. The number of nitrogens with zero attached hydrogens (tertiary/aromatic N) is 3. The van der Waals surface area contributed by atoms with Gasteiger partial charge < -0.3 is 10.1 Å². The highest BCUT2D eigenvalue weighted by molar-refractivity contribution is 5.35. The van der Waals surface area contributed by atoms with Crippen LogP contribution in [-0.4, -0.2) is 28.7 Å². The lowest BCUT2D eigenvalue weighted by Gasteiger charge is -2.46. The van der Waals surface area contributed by atoms with E-state index in [2.05, 4.69) is 28.5 Å². The Balaban J connectivity index is 1.45. The normalized spacial score (nSPS) is 23.2. The summed E-state index contributed by atoms with van der Waals surface area (Å²) in [6, 6.07) is 10.5. The fraction of sp³-hybridized carbons (Fsp3) is 0.542. The van der Waals surface area contributed by atoms with Crippen molar-refractivity contribution in [2.75, 3.05) is 13.2 Å². The largest absolute Gasteiger partial charge is 0.375 e. The maximum Gasteiger partial charge on any atom is 0.101 e. The predicted octanol–water partition coefficient (Wildman–Crippen LogP) is 4.20. The SMILES string of the molecule is Cc1ncc(CNCCC2(c3ccccn3)CCOC3(CCCC3)C2)cc1C#N. The van der Waals surface area contributed by atoms with Gasteiger partial charge in [0.1, 0.15) is 6.07 Å². The van der Waals surface area contributed by atoms with Crippen molar-refractivity contribution in [2.24, 2.45) is 0 Å². The molecule has 2 aromatic heterocycles. The van der Waals surface area contributed by atoms with Crippen molar-refractivity contribution < 1.29 is 4.74 Å². The summed E-state index contributed by atoms with van der Waals surface area (Å²) in [6.45, 7) is 4.32. The highest BCUT2D eigenvalue weighted by atomic mass is 16.5. The van der Waals surface area contributed by atoms with Gasteiger partial charge in [-0.25, -0.2) is 0 Å². The predicted molar refractivity (Wildman–Crippen MR) is 112 cm³/mol. The Hall–Kier alpha value is -2.29. The maximum absolute atomic E-state index is 9.22. The van der Waals surface area contributed by atoms with Gasteiger partial charge >= 0.3 is 0 Å². The zero-order chi connectivity index (χ0) is 20.2. The molecule has 0 bridgehead atoms. The Bertz CT molecular complexity index is 870. The Morgan fingerprint density at radius 3 is 2.83 bits per heavy atom. The van der Waals surface area contributed by atoms with Crippen LogP contribution in [0.3, 0.4) is 0 Å². The van der Waals surface area contributed by atoms with Crippen LogP contribution in [0, 0.1) is 18.3 Å². The molecule has 2 aromatic rings. The van der Waals surface area contributed by atoms with Crippen molar-refractivity contribution in [3.63, 3.8) is 0 Å². The minimum Gasteiger partial charge on any atom is -0.375 e. The number of nitrogens with one attached hydrogen (secondary N) is 1. The van der Waals surface area contributed by atoms with Crippen LogP contribution in [0.25, 0.3) is 0 Å². The minimum absolute atomic E-state index is 0.0539. The first-order valence-corrected chi connectivity index (χ1v) is 10.8. The summed E-state index contributed by atoms with van der Waals surface area (Å²) in [6.07, 6.45) is 11.8. The molecule has 0 aromatic carbocycles. The van der Waals surface area contributed by atoms with Crippen LogP contribution in [0.15, 0.2) is 36.7 Å². The van der Waals surface area contributed by atoms with Gasteiger partial charge in [-0.05, 0) is 69.3 Å². The molecule has 2 fully saturated rings. The van der Waals surface area contributed by atoms with Gasteiger partial charge in [-0.15, -0.1) is 0 Å². The third-order valence-electron chi connectivity index (χ3n) is 6.75. The zero-order valence-corrected chi connectivity index (χ0v) is 17.3. The van der Waals surface area contributed by atoms with Crippen LogP contribution >= 0.6 is 0 Å². The molecule has 0 amide bonds. The third-order valence-corrected chi connectivity index (χ3v) is 6.75. The second-order valence-electron chi connectivity index (χ2n) is 8.68. The summed E-state index contributed by atoms with van der Waals surface area (Å²) < 4.78 is 6.33.